The number of carbonyl (C=O) groups excluding carboxylic acids is 1. The number of halogens is 2. The first-order chi connectivity index (χ1) is 15.9. The van der Waals surface area contributed by atoms with E-state index in [1.165, 1.54) is 18.3 Å². The molecule has 5 rings (SSSR count). The van der Waals surface area contributed by atoms with Gasteiger partial charge in [-0.1, -0.05) is 19.1 Å². The summed E-state index contributed by atoms with van der Waals surface area (Å²) in [6.45, 7) is 2.58. The SMILES string of the molecule is CCC1CC2(CCC(Cc3ncc(-c4ccc5cc(F)cnc5c4)cc3F)CC2)NCC1=O. The molecule has 6 heteroatoms. The van der Waals surface area contributed by atoms with Crippen molar-refractivity contribution in [2.75, 3.05) is 6.54 Å². The molecule has 1 saturated carbocycles. The Balaban J connectivity index is 1.25. The Bertz CT molecular complexity index is 1190. The minimum Gasteiger partial charge on any atom is -0.304 e. The fourth-order valence-corrected chi connectivity index (χ4v) is 5.59. The Kier molecular flexibility index (Phi) is 5.95. The second kappa shape index (κ2) is 8.90. The van der Waals surface area contributed by atoms with Crippen LogP contribution in [0.4, 0.5) is 8.78 Å². The first-order valence-corrected chi connectivity index (χ1v) is 11.9. The van der Waals surface area contributed by atoms with E-state index in [1.54, 1.807) is 12.3 Å². The maximum atomic E-state index is 15.0. The second-order valence-corrected chi connectivity index (χ2v) is 9.77. The van der Waals surface area contributed by atoms with E-state index in [0.717, 1.165) is 44.1 Å². The number of nitrogens with zero attached hydrogens (tertiary/aromatic N) is 2. The lowest BCUT2D eigenvalue weighted by atomic mass is 9.68. The van der Waals surface area contributed by atoms with E-state index in [4.69, 9.17) is 0 Å². The standard InChI is InChI=1S/C27H29F2N3O/c1-2-18-13-27(32-16-26(18)33)7-5-17(6-8-27)9-25-23(29)11-21(14-30-25)19-3-4-20-10-22(28)15-31-24(20)12-19/h3-4,10-12,14-15,17-18,32H,2,5-9,13,16H2,1H3. The van der Waals surface area contributed by atoms with Crippen LogP contribution in [0, 0.1) is 23.5 Å². The summed E-state index contributed by atoms with van der Waals surface area (Å²) in [7, 11) is 0. The van der Waals surface area contributed by atoms with Crippen LogP contribution in [-0.2, 0) is 11.2 Å². The molecule has 1 N–H and O–H groups in total. The van der Waals surface area contributed by atoms with E-state index in [1.807, 2.05) is 12.1 Å². The molecule has 3 heterocycles. The lowest BCUT2D eigenvalue weighted by Crippen LogP contribution is -2.56. The average molecular weight is 450 g/mol. The molecule has 1 aliphatic carbocycles. The zero-order valence-corrected chi connectivity index (χ0v) is 18.9. The van der Waals surface area contributed by atoms with Crippen LogP contribution in [0.15, 0.2) is 42.7 Å². The van der Waals surface area contributed by atoms with Crippen molar-refractivity contribution in [3.63, 3.8) is 0 Å². The van der Waals surface area contributed by atoms with Gasteiger partial charge in [0, 0.05) is 28.6 Å². The summed E-state index contributed by atoms with van der Waals surface area (Å²) in [4.78, 5) is 20.7. The number of Topliss-reactive ketones (excluding diaryl/α,β-unsaturated/α-hetero) is 1. The molecule has 172 valence electrons. The maximum absolute atomic E-state index is 15.0. The van der Waals surface area contributed by atoms with Gasteiger partial charge in [0.2, 0.25) is 0 Å². The zero-order valence-electron chi connectivity index (χ0n) is 18.9. The van der Waals surface area contributed by atoms with Gasteiger partial charge in [-0.05, 0) is 74.6 Å². The van der Waals surface area contributed by atoms with Crippen molar-refractivity contribution in [1.82, 2.24) is 15.3 Å². The lowest BCUT2D eigenvalue weighted by molar-refractivity contribution is -0.126. The molecule has 1 atom stereocenters. The van der Waals surface area contributed by atoms with Crippen molar-refractivity contribution in [2.24, 2.45) is 11.8 Å². The third kappa shape index (κ3) is 4.54. The van der Waals surface area contributed by atoms with Crippen molar-refractivity contribution in [3.05, 3.63) is 60.1 Å². The Morgan fingerprint density at radius 1 is 1.06 bits per heavy atom. The minimum absolute atomic E-state index is 0.0773. The monoisotopic (exact) mass is 449 g/mol. The Morgan fingerprint density at radius 3 is 2.64 bits per heavy atom. The number of ketones is 1. The molecule has 1 aromatic carbocycles. The van der Waals surface area contributed by atoms with E-state index < -0.39 is 0 Å². The van der Waals surface area contributed by atoms with Crippen LogP contribution < -0.4 is 5.32 Å². The molecule has 1 aliphatic heterocycles. The predicted molar refractivity (Wildman–Crippen MR) is 125 cm³/mol. The molecule has 0 bridgehead atoms. The minimum atomic E-state index is -0.376. The van der Waals surface area contributed by atoms with Crippen molar-refractivity contribution in [2.45, 2.75) is 57.4 Å². The van der Waals surface area contributed by atoms with E-state index >= 15 is 0 Å². The predicted octanol–water partition coefficient (Wildman–Crippen LogP) is 5.64. The number of pyridine rings is 2. The second-order valence-electron chi connectivity index (χ2n) is 9.77. The van der Waals surface area contributed by atoms with Gasteiger partial charge < -0.3 is 5.32 Å². The summed E-state index contributed by atoms with van der Waals surface area (Å²) < 4.78 is 28.3. The molecule has 2 aromatic heterocycles. The number of fused-ring (bicyclic) bond motifs is 1. The fourth-order valence-electron chi connectivity index (χ4n) is 5.59. The van der Waals surface area contributed by atoms with Crippen LogP contribution in [0.2, 0.25) is 0 Å². The Hall–Kier alpha value is -2.73. The topological polar surface area (TPSA) is 54.9 Å². The zero-order chi connectivity index (χ0) is 23.0. The molecule has 1 spiro atoms. The number of rotatable bonds is 4. The molecule has 4 nitrogen and oxygen atoms in total. The number of benzene rings is 1. The number of nitrogens with one attached hydrogen (secondary N) is 1. The van der Waals surface area contributed by atoms with Gasteiger partial charge in [0.05, 0.1) is 24.0 Å². The van der Waals surface area contributed by atoms with Crippen molar-refractivity contribution >= 4 is 16.7 Å². The molecular weight excluding hydrogens is 420 g/mol. The van der Waals surface area contributed by atoms with Crippen LogP contribution in [0.5, 0.6) is 0 Å². The highest BCUT2D eigenvalue weighted by atomic mass is 19.1. The van der Waals surface area contributed by atoms with E-state index in [-0.39, 0.29) is 23.1 Å². The van der Waals surface area contributed by atoms with Gasteiger partial charge in [-0.15, -0.1) is 0 Å². The summed E-state index contributed by atoms with van der Waals surface area (Å²) in [6, 6.07) is 8.44. The first kappa shape index (κ1) is 22.1. The largest absolute Gasteiger partial charge is 0.304 e. The van der Waals surface area contributed by atoms with Crippen molar-refractivity contribution in [3.8, 4) is 11.1 Å². The van der Waals surface area contributed by atoms with Gasteiger partial charge in [0.1, 0.15) is 17.4 Å². The summed E-state index contributed by atoms with van der Waals surface area (Å²) in [5.41, 5.74) is 2.75. The highest BCUT2D eigenvalue weighted by Crippen LogP contribution is 2.40. The normalized spacial score (nSPS) is 25.6. The quantitative estimate of drug-likeness (QED) is 0.560. The van der Waals surface area contributed by atoms with E-state index in [2.05, 4.69) is 22.2 Å². The summed E-state index contributed by atoms with van der Waals surface area (Å²) in [5, 5.41) is 4.23. The summed E-state index contributed by atoms with van der Waals surface area (Å²) >= 11 is 0. The third-order valence-electron chi connectivity index (χ3n) is 7.67. The molecule has 2 aliphatic rings. The number of aromatic nitrogens is 2. The molecule has 1 saturated heterocycles. The molecule has 3 aromatic rings. The third-order valence-corrected chi connectivity index (χ3v) is 7.67. The number of piperidine rings is 1. The van der Waals surface area contributed by atoms with E-state index in [9.17, 15) is 13.6 Å². The van der Waals surface area contributed by atoms with Crippen molar-refractivity contribution < 1.29 is 13.6 Å². The number of hydrogen-bond acceptors (Lipinski definition) is 4. The van der Waals surface area contributed by atoms with Gasteiger partial charge in [0.25, 0.3) is 0 Å². The Labute approximate surface area is 192 Å². The van der Waals surface area contributed by atoms with Gasteiger partial charge in [-0.2, -0.15) is 0 Å². The van der Waals surface area contributed by atoms with Crippen molar-refractivity contribution in [1.29, 1.82) is 0 Å². The Morgan fingerprint density at radius 2 is 1.88 bits per heavy atom. The summed E-state index contributed by atoms with van der Waals surface area (Å²) in [6.07, 6.45) is 9.50. The van der Waals surface area contributed by atoms with Crippen LogP contribution in [0.25, 0.3) is 22.0 Å². The van der Waals surface area contributed by atoms with Gasteiger partial charge in [0.15, 0.2) is 0 Å². The van der Waals surface area contributed by atoms with Gasteiger partial charge in [-0.3, -0.25) is 14.8 Å². The number of carbonyl (C=O) groups is 1. The molecule has 0 radical (unpaired) electrons. The number of hydrogen-bond donors (Lipinski definition) is 1. The summed E-state index contributed by atoms with van der Waals surface area (Å²) in [5.74, 6) is 0.263. The average Bonchev–Trinajstić information content (AvgIpc) is 2.83. The highest BCUT2D eigenvalue weighted by molar-refractivity contribution is 5.84. The van der Waals surface area contributed by atoms with Crippen LogP contribution in [-0.4, -0.2) is 27.8 Å². The van der Waals surface area contributed by atoms with Crippen LogP contribution >= 0.6 is 0 Å². The molecule has 33 heavy (non-hydrogen) atoms. The van der Waals surface area contributed by atoms with Crippen LogP contribution in [0.1, 0.15) is 51.1 Å². The van der Waals surface area contributed by atoms with E-state index in [0.29, 0.717) is 46.8 Å². The fraction of sp³-hybridized carbons (Fsp3) is 0.444. The van der Waals surface area contributed by atoms with Gasteiger partial charge >= 0.3 is 0 Å². The molecule has 0 amide bonds. The van der Waals surface area contributed by atoms with Gasteiger partial charge in [-0.25, -0.2) is 8.78 Å². The smallest absolute Gasteiger partial charge is 0.149 e. The molecule has 2 fully saturated rings. The highest BCUT2D eigenvalue weighted by Gasteiger charge is 2.41. The molecular formula is C27H29F2N3O. The molecule has 1 unspecified atom stereocenters. The maximum Gasteiger partial charge on any atom is 0.149 e. The first-order valence-electron chi connectivity index (χ1n) is 11.9. The lowest BCUT2D eigenvalue weighted by Gasteiger charge is -2.45. The van der Waals surface area contributed by atoms with Crippen LogP contribution in [0.3, 0.4) is 0 Å².